The number of cyclic esters (lactones) is 1. The fourth-order valence-corrected chi connectivity index (χ4v) is 5.47. The fraction of sp³-hybridized carbons (Fsp3) is 0.471. The van der Waals surface area contributed by atoms with Crippen LogP contribution in [0.1, 0.15) is 13.3 Å². The molecule has 2 aliphatic heterocycles. The summed E-state index contributed by atoms with van der Waals surface area (Å²) in [5.74, 6) is -0.100. The smallest absolute Gasteiger partial charge is 0.320 e. The Bertz CT molecular complexity index is 971. The summed E-state index contributed by atoms with van der Waals surface area (Å²) >= 11 is 1.16. The predicted octanol–water partition coefficient (Wildman–Crippen LogP) is 1.55. The summed E-state index contributed by atoms with van der Waals surface area (Å²) in [4.78, 5) is 11.9. The number of esters is 1. The predicted molar refractivity (Wildman–Crippen MR) is 99.1 cm³/mol. The van der Waals surface area contributed by atoms with Gasteiger partial charge in [0.25, 0.3) is 5.22 Å². The van der Waals surface area contributed by atoms with Crippen LogP contribution in [-0.4, -0.2) is 66.5 Å². The Morgan fingerprint density at radius 3 is 2.71 bits per heavy atom. The molecule has 4 rings (SSSR count). The van der Waals surface area contributed by atoms with Crippen LogP contribution in [0.3, 0.4) is 0 Å². The minimum atomic E-state index is -3.62. The van der Waals surface area contributed by atoms with Crippen molar-refractivity contribution in [2.24, 2.45) is 0 Å². The van der Waals surface area contributed by atoms with Gasteiger partial charge in [0.2, 0.25) is 15.9 Å². The molecule has 0 unspecified atom stereocenters. The van der Waals surface area contributed by atoms with Crippen molar-refractivity contribution < 1.29 is 27.1 Å². The average molecular weight is 425 g/mol. The molecule has 2 fully saturated rings. The van der Waals surface area contributed by atoms with E-state index in [-0.39, 0.29) is 33.3 Å². The zero-order valence-electron chi connectivity index (χ0n) is 15.1. The van der Waals surface area contributed by atoms with Crippen LogP contribution in [0.15, 0.2) is 38.8 Å². The maximum absolute atomic E-state index is 12.8. The molecule has 150 valence electrons. The van der Waals surface area contributed by atoms with Gasteiger partial charge in [0.05, 0.1) is 18.1 Å². The van der Waals surface area contributed by atoms with Crippen molar-refractivity contribution in [2.75, 3.05) is 26.3 Å². The first-order valence-corrected chi connectivity index (χ1v) is 11.1. The van der Waals surface area contributed by atoms with Crippen molar-refractivity contribution in [2.45, 2.75) is 34.8 Å². The van der Waals surface area contributed by atoms with Gasteiger partial charge in [0.1, 0.15) is 11.4 Å². The molecule has 0 amide bonds. The number of carbonyl (C=O) groups is 1. The second kappa shape index (κ2) is 7.82. The Morgan fingerprint density at radius 2 is 2.00 bits per heavy atom. The lowest BCUT2D eigenvalue weighted by Crippen LogP contribution is -2.40. The monoisotopic (exact) mass is 425 g/mol. The summed E-state index contributed by atoms with van der Waals surface area (Å²) in [6, 6.07) is 6.39. The molecule has 2 aliphatic rings. The zero-order valence-corrected chi connectivity index (χ0v) is 16.7. The van der Waals surface area contributed by atoms with Gasteiger partial charge in [0, 0.05) is 25.1 Å². The standard InChI is InChI=1S/C17H19N3O6S2/c1-11-9-14(16(21)25-11)27-17-19-18-15(26-17)12-3-2-4-13(10-12)28(22,23)20-5-7-24-8-6-20/h2-4,10-11,14H,5-9H2,1H3/t11-,14-/m0/s1. The molecule has 9 nitrogen and oxygen atoms in total. The molecule has 0 aliphatic carbocycles. The van der Waals surface area contributed by atoms with Crippen LogP contribution >= 0.6 is 11.8 Å². The molecule has 2 atom stereocenters. The number of sulfonamides is 1. The van der Waals surface area contributed by atoms with Crippen LogP contribution in [0.4, 0.5) is 0 Å². The first-order chi connectivity index (χ1) is 13.4. The fourth-order valence-electron chi connectivity index (χ4n) is 3.04. The van der Waals surface area contributed by atoms with Crippen molar-refractivity contribution in [1.29, 1.82) is 0 Å². The lowest BCUT2D eigenvalue weighted by molar-refractivity contribution is -0.140. The van der Waals surface area contributed by atoms with E-state index in [2.05, 4.69) is 10.2 Å². The van der Waals surface area contributed by atoms with Crippen LogP contribution in [0.25, 0.3) is 11.5 Å². The zero-order chi connectivity index (χ0) is 19.7. The highest BCUT2D eigenvalue weighted by atomic mass is 32.2. The van der Waals surface area contributed by atoms with Crippen LogP contribution in [0.5, 0.6) is 0 Å². The van der Waals surface area contributed by atoms with Gasteiger partial charge in [-0.25, -0.2) is 8.42 Å². The highest BCUT2D eigenvalue weighted by Gasteiger charge is 2.34. The van der Waals surface area contributed by atoms with Crippen molar-refractivity contribution in [1.82, 2.24) is 14.5 Å². The normalized spacial score (nSPS) is 23.7. The lowest BCUT2D eigenvalue weighted by atomic mass is 10.2. The molecule has 3 heterocycles. The summed E-state index contributed by atoms with van der Waals surface area (Å²) in [5.41, 5.74) is 0.496. The molecule has 2 saturated heterocycles. The lowest BCUT2D eigenvalue weighted by Gasteiger charge is -2.26. The topological polar surface area (TPSA) is 112 Å². The SMILES string of the molecule is C[C@H]1C[C@H](Sc2nnc(-c3cccc(S(=O)(=O)N4CCOCC4)c3)o2)C(=O)O1. The number of ether oxygens (including phenoxy) is 2. The van der Waals surface area contributed by atoms with Gasteiger partial charge in [-0.05, 0) is 36.9 Å². The van der Waals surface area contributed by atoms with Gasteiger partial charge in [0.15, 0.2) is 0 Å². The Hall–Kier alpha value is -1.95. The number of aromatic nitrogens is 2. The second-order valence-electron chi connectivity index (χ2n) is 6.51. The molecule has 2 aromatic rings. The Kier molecular flexibility index (Phi) is 5.41. The highest BCUT2D eigenvalue weighted by Crippen LogP contribution is 2.33. The first kappa shape index (κ1) is 19.4. The van der Waals surface area contributed by atoms with Gasteiger partial charge in [-0.3, -0.25) is 4.79 Å². The quantitative estimate of drug-likeness (QED) is 0.659. The molecular weight excluding hydrogens is 406 g/mol. The van der Waals surface area contributed by atoms with Gasteiger partial charge < -0.3 is 13.9 Å². The Morgan fingerprint density at radius 1 is 1.21 bits per heavy atom. The van der Waals surface area contributed by atoms with Gasteiger partial charge in [-0.1, -0.05) is 6.07 Å². The first-order valence-electron chi connectivity index (χ1n) is 8.82. The summed E-state index contributed by atoms with van der Waals surface area (Å²) in [5, 5.41) is 7.81. The van der Waals surface area contributed by atoms with E-state index >= 15 is 0 Å². The van der Waals surface area contributed by atoms with E-state index in [1.165, 1.54) is 16.4 Å². The van der Waals surface area contributed by atoms with E-state index in [4.69, 9.17) is 13.9 Å². The van der Waals surface area contributed by atoms with Gasteiger partial charge in [-0.15, -0.1) is 10.2 Å². The molecule has 1 aromatic carbocycles. The van der Waals surface area contributed by atoms with Gasteiger partial charge in [-0.2, -0.15) is 4.31 Å². The maximum atomic E-state index is 12.8. The summed E-state index contributed by atoms with van der Waals surface area (Å²) in [6.45, 7) is 3.24. The van der Waals surface area contributed by atoms with E-state index in [0.717, 1.165) is 11.8 Å². The van der Waals surface area contributed by atoms with E-state index in [1.807, 2.05) is 6.92 Å². The Labute approximate surface area is 166 Å². The minimum Gasteiger partial charge on any atom is -0.462 e. The third kappa shape index (κ3) is 3.93. The minimum absolute atomic E-state index is 0.130. The number of nitrogens with zero attached hydrogens (tertiary/aromatic N) is 3. The van der Waals surface area contributed by atoms with Crippen LogP contribution < -0.4 is 0 Å². The molecule has 0 spiro atoms. The number of benzene rings is 1. The molecular formula is C17H19N3O6S2. The average Bonchev–Trinajstić information content (AvgIpc) is 3.29. The second-order valence-corrected chi connectivity index (χ2v) is 9.60. The molecule has 11 heteroatoms. The van der Waals surface area contributed by atoms with E-state index in [0.29, 0.717) is 38.3 Å². The summed E-state index contributed by atoms with van der Waals surface area (Å²) in [7, 11) is -3.62. The van der Waals surface area contributed by atoms with Crippen molar-refractivity contribution >= 4 is 27.8 Å². The maximum Gasteiger partial charge on any atom is 0.320 e. The number of morpholine rings is 1. The largest absolute Gasteiger partial charge is 0.462 e. The number of hydrogen-bond acceptors (Lipinski definition) is 9. The third-order valence-electron chi connectivity index (χ3n) is 4.46. The molecule has 0 saturated carbocycles. The van der Waals surface area contributed by atoms with E-state index < -0.39 is 10.0 Å². The highest BCUT2D eigenvalue weighted by molar-refractivity contribution is 8.00. The van der Waals surface area contributed by atoms with Crippen LogP contribution in [0.2, 0.25) is 0 Å². The van der Waals surface area contributed by atoms with Crippen LogP contribution in [-0.2, 0) is 24.3 Å². The third-order valence-corrected chi connectivity index (χ3v) is 7.40. The van der Waals surface area contributed by atoms with E-state index in [1.54, 1.807) is 12.1 Å². The number of rotatable bonds is 5. The molecule has 28 heavy (non-hydrogen) atoms. The molecule has 0 radical (unpaired) electrons. The summed E-state index contributed by atoms with van der Waals surface area (Å²) in [6.07, 6.45) is 0.448. The summed E-state index contributed by atoms with van der Waals surface area (Å²) < 4.78 is 43.0. The molecule has 1 aromatic heterocycles. The Balaban J connectivity index is 1.53. The van der Waals surface area contributed by atoms with Crippen molar-refractivity contribution in [3.8, 4) is 11.5 Å². The molecule has 0 N–H and O–H groups in total. The van der Waals surface area contributed by atoms with E-state index in [9.17, 15) is 13.2 Å². The number of carbonyl (C=O) groups excluding carboxylic acids is 1. The number of thioether (sulfide) groups is 1. The van der Waals surface area contributed by atoms with Crippen molar-refractivity contribution in [3.63, 3.8) is 0 Å². The molecule has 0 bridgehead atoms. The number of hydrogen-bond donors (Lipinski definition) is 0. The van der Waals surface area contributed by atoms with Gasteiger partial charge >= 0.3 is 5.97 Å². The van der Waals surface area contributed by atoms with Crippen molar-refractivity contribution in [3.05, 3.63) is 24.3 Å². The van der Waals surface area contributed by atoms with Crippen LogP contribution in [0, 0.1) is 0 Å².